The van der Waals surface area contributed by atoms with Crippen molar-refractivity contribution in [2.75, 3.05) is 26.3 Å². The number of rotatable bonds is 5. The van der Waals surface area contributed by atoms with Crippen LogP contribution in [0.4, 0.5) is 4.39 Å². The molecule has 0 spiro atoms. The van der Waals surface area contributed by atoms with Gasteiger partial charge in [0.25, 0.3) is 0 Å². The van der Waals surface area contributed by atoms with Crippen molar-refractivity contribution in [3.05, 3.63) is 35.9 Å². The maximum Gasteiger partial charge on any atom is 0.0906 e. The second-order valence-corrected chi connectivity index (χ2v) is 7.21. The number of piperazine rings is 1. The van der Waals surface area contributed by atoms with Crippen LogP contribution in [0.2, 0.25) is 0 Å². The Hall–Kier alpha value is -0.930. The summed E-state index contributed by atoms with van der Waals surface area (Å²) in [6, 6.07) is 11.6. The van der Waals surface area contributed by atoms with Crippen LogP contribution in [-0.4, -0.2) is 43.3 Å². The third kappa shape index (κ3) is 4.79. The maximum atomic E-state index is 12.6. The average Bonchev–Trinajstić information content (AvgIpc) is 2.45. The highest BCUT2D eigenvalue weighted by atomic mass is 19.1. The van der Waals surface area contributed by atoms with Crippen molar-refractivity contribution in [2.24, 2.45) is 5.41 Å². The lowest BCUT2D eigenvalue weighted by Crippen LogP contribution is -2.61. The van der Waals surface area contributed by atoms with Crippen LogP contribution in [-0.2, 0) is 6.42 Å². The maximum absolute atomic E-state index is 12.6. The number of benzene rings is 1. The highest BCUT2D eigenvalue weighted by Gasteiger charge is 2.35. The molecule has 1 aromatic rings. The zero-order chi connectivity index (χ0) is 15.3. The van der Waals surface area contributed by atoms with E-state index in [0.717, 1.165) is 26.1 Å². The summed E-state index contributed by atoms with van der Waals surface area (Å²) in [5.74, 6) is 0. The molecule has 1 N–H and O–H groups in total. The molecule has 2 atom stereocenters. The molecule has 0 aromatic heterocycles. The van der Waals surface area contributed by atoms with Gasteiger partial charge < -0.3 is 5.32 Å². The Kier molecular flexibility index (Phi) is 5.77. The van der Waals surface area contributed by atoms with Crippen LogP contribution in [0.3, 0.4) is 0 Å². The largest absolute Gasteiger partial charge is 0.311 e. The van der Waals surface area contributed by atoms with Gasteiger partial charge >= 0.3 is 0 Å². The zero-order valence-corrected chi connectivity index (χ0v) is 13.6. The highest BCUT2D eigenvalue weighted by molar-refractivity contribution is 5.16. The van der Waals surface area contributed by atoms with Gasteiger partial charge in [-0.1, -0.05) is 51.1 Å². The standard InChI is InChI=1S/C18H29FN2/c1-18(2,3)17-13-20-16(14-21(17)11-7-10-19)12-15-8-5-4-6-9-15/h4-6,8-9,16-17,20H,7,10-14H2,1-3H3. The van der Waals surface area contributed by atoms with E-state index in [1.807, 2.05) is 0 Å². The quantitative estimate of drug-likeness (QED) is 0.896. The predicted molar refractivity (Wildman–Crippen MR) is 87.3 cm³/mol. The number of halogens is 1. The Morgan fingerprint density at radius 2 is 1.95 bits per heavy atom. The molecule has 1 aliphatic rings. The van der Waals surface area contributed by atoms with E-state index in [0.29, 0.717) is 18.5 Å². The van der Waals surface area contributed by atoms with Gasteiger partial charge in [0.2, 0.25) is 0 Å². The third-order valence-electron chi connectivity index (χ3n) is 4.40. The van der Waals surface area contributed by atoms with Crippen molar-refractivity contribution >= 4 is 0 Å². The molecule has 118 valence electrons. The first-order chi connectivity index (χ1) is 10.0. The summed E-state index contributed by atoms with van der Waals surface area (Å²) in [6.07, 6.45) is 1.69. The first kappa shape index (κ1) is 16.4. The predicted octanol–water partition coefficient (Wildman–Crippen LogP) is 3.28. The Labute approximate surface area is 128 Å². The Balaban J connectivity index is 1.99. The normalized spacial score (nSPS) is 24.2. The molecule has 1 heterocycles. The molecule has 1 saturated heterocycles. The Morgan fingerprint density at radius 1 is 1.24 bits per heavy atom. The van der Waals surface area contributed by atoms with Gasteiger partial charge in [0.15, 0.2) is 0 Å². The summed E-state index contributed by atoms with van der Waals surface area (Å²) in [5, 5.41) is 3.70. The van der Waals surface area contributed by atoms with Crippen LogP contribution >= 0.6 is 0 Å². The summed E-state index contributed by atoms with van der Waals surface area (Å²) in [6.45, 7) is 9.48. The molecule has 0 amide bonds. The molecular formula is C18H29FN2. The molecule has 0 saturated carbocycles. The monoisotopic (exact) mass is 292 g/mol. The topological polar surface area (TPSA) is 15.3 Å². The minimum absolute atomic E-state index is 0.218. The second kappa shape index (κ2) is 7.37. The molecule has 1 fully saturated rings. The SMILES string of the molecule is CC(C)(C)C1CNC(Cc2ccccc2)CN1CCCF. The van der Waals surface area contributed by atoms with Gasteiger partial charge in [0.1, 0.15) is 0 Å². The van der Waals surface area contributed by atoms with Crippen molar-refractivity contribution in [2.45, 2.75) is 45.7 Å². The summed E-state index contributed by atoms with van der Waals surface area (Å²) < 4.78 is 12.6. The number of nitrogens with one attached hydrogen (secondary N) is 1. The molecular weight excluding hydrogens is 263 g/mol. The minimum atomic E-state index is -0.218. The molecule has 3 heteroatoms. The van der Waals surface area contributed by atoms with Gasteiger partial charge in [-0.25, -0.2) is 0 Å². The number of hydrogen-bond acceptors (Lipinski definition) is 2. The molecule has 21 heavy (non-hydrogen) atoms. The van der Waals surface area contributed by atoms with Crippen LogP contribution in [0.5, 0.6) is 0 Å². The van der Waals surface area contributed by atoms with Gasteiger partial charge in [-0.15, -0.1) is 0 Å². The lowest BCUT2D eigenvalue weighted by atomic mass is 9.83. The molecule has 2 nitrogen and oxygen atoms in total. The third-order valence-corrected chi connectivity index (χ3v) is 4.40. The molecule has 2 unspecified atom stereocenters. The van der Waals surface area contributed by atoms with Crippen LogP contribution < -0.4 is 5.32 Å². The van der Waals surface area contributed by atoms with E-state index in [2.05, 4.69) is 61.3 Å². The van der Waals surface area contributed by atoms with Crippen molar-refractivity contribution in [1.29, 1.82) is 0 Å². The Bertz CT molecular complexity index is 413. The van der Waals surface area contributed by atoms with Crippen LogP contribution in [0.15, 0.2) is 30.3 Å². The Morgan fingerprint density at radius 3 is 2.57 bits per heavy atom. The van der Waals surface area contributed by atoms with Gasteiger partial charge in [-0.2, -0.15) is 0 Å². The van der Waals surface area contributed by atoms with Crippen LogP contribution in [0, 0.1) is 5.41 Å². The van der Waals surface area contributed by atoms with Gasteiger partial charge in [0, 0.05) is 31.7 Å². The summed E-state index contributed by atoms with van der Waals surface area (Å²) in [5.41, 5.74) is 1.59. The second-order valence-electron chi connectivity index (χ2n) is 7.21. The lowest BCUT2D eigenvalue weighted by Gasteiger charge is -2.46. The van der Waals surface area contributed by atoms with Crippen LogP contribution in [0.25, 0.3) is 0 Å². The fourth-order valence-corrected chi connectivity index (χ4v) is 3.28. The fourth-order valence-electron chi connectivity index (χ4n) is 3.28. The van der Waals surface area contributed by atoms with Crippen molar-refractivity contribution in [3.63, 3.8) is 0 Å². The number of nitrogens with zero attached hydrogens (tertiary/aromatic N) is 1. The van der Waals surface area contributed by atoms with E-state index >= 15 is 0 Å². The molecule has 0 bridgehead atoms. The summed E-state index contributed by atoms with van der Waals surface area (Å²) in [7, 11) is 0. The van der Waals surface area contributed by atoms with Gasteiger partial charge in [-0.05, 0) is 23.8 Å². The van der Waals surface area contributed by atoms with E-state index in [-0.39, 0.29) is 12.1 Å². The van der Waals surface area contributed by atoms with E-state index in [1.165, 1.54) is 5.56 Å². The van der Waals surface area contributed by atoms with Crippen molar-refractivity contribution < 1.29 is 4.39 Å². The minimum Gasteiger partial charge on any atom is -0.311 e. The van der Waals surface area contributed by atoms with E-state index in [4.69, 9.17) is 0 Å². The molecule has 1 aromatic carbocycles. The number of alkyl halides is 1. The van der Waals surface area contributed by atoms with E-state index in [9.17, 15) is 4.39 Å². The lowest BCUT2D eigenvalue weighted by molar-refractivity contribution is 0.0533. The van der Waals surface area contributed by atoms with Crippen molar-refractivity contribution in [3.8, 4) is 0 Å². The first-order valence-electron chi connectivity index (χ1n) is 8.08. The zero-order valence-electron chi connectivity index (χ0n) is 13.6. The van der Waals surface area contributed by atoms with E-state index in [1.54, 1.807) is 0 Å². The number of hydrogen-bond donors (Lipinski definition) is 1. The molecule has 2 rings (SSSR count). The molecule has 0 aliphatic carbocycles. The van der Waals surface area contributed by atoms with Gasteiger partial charge in [0.05, 0.1) is 6.67 Å². The first-order valence-corrected chi connectivity index (χ1v) is 8.08. The fraction of sp³-hybridized carbons (Fsp3) is 0.667. The average molecular weight is 292 g/mol. The summed E-state index contributed by atoms with van der Waals surface area (Å²) >= 11 is 0. The molecule has 0 radical (unpaired) electrons. The smallest absolute Gasteiger partial charge is 0.0906 e. The molecule has 1 aliphatic heterocycles. The van der Waals surface area contributed by atoms with E-state index < -0.39 is 0 Å². The summed E-state index contributed by atoms with van der Waals surface area (Å²) in [4.78, 5) is 2.49. The van der Waals surface area contributed by atoms with Crippen LogP contribution in [0.1, 0.15) is 32.8 Å². The van der Waals surface area contributed by atoms with Crippen molar-refractivity contribution in [1.82, 2.24) is 10.2 Å². The van der Waals surface area contributed by atoms with Gasteiger partial charge in [-0.3, -0.25) is 9.29 Å². The highest BCUT2D eigenvalue weighted by Crippen LogP contribution is 2.27.